The van der Waals surface area contributed by atoms with Gasteiger partial charge in [0.05, 0.1) is 22.5 Å². The molecule has 0 saturated heterocycles. The molecule has 0 atom stereocenters. The normalized spacial score (nSPS) is 11.4. The van der Waals surface area contributed by atoms with E-state index < -0.39 is 5.54 Å². The molecule has 0 fully saturated rings. The number of pyridine rings is 2. The van der Waals surface area contributed by atoms with E-state index in [4.69, 9.17) is 17.3 Å². The summed E-state index contributed by atoms with van der Waals surface area (Å²) in [5.41, 5.74) is 7.88. The van der Waals surface area contributed by atoms with Crippen LogP contribution in [0.4, 0.5) is 0 Å². The Bertz CT molecular complexity index is 620. The highest BCUT2D eigenvalue weighted by Gasteiger charge is 2.17. The number of aldehydes is 1. The molecule has 2 aromatic heterocycles. The van der Waals surface area contributed by atoms with Crippen molar-refractivity contribution in [1.29, 1.82) is 0 Å². The van der Waals surface area contributed by atoms with Gasteiger partial charge in [-0.25, -0.2) is 4.98 Å². The van der Waals surface area contributed by atoms with Crippen molar-refractivity contribution in [3.8, 4) is 11.3 Å². The molecule has 0 aliphatic rings. The summed E-state index contributed by atoms with van der Waals surface area (Å²) in [5.74, 6) is 0. The fourth-order valence-electron chi connectivity index (χ4n) is 1.73. The second-order valence-electron chi connectivity index (χ2n) is 4.81. The smallest absolute Gasteiger partial charge is 0.153 e. The van der Waals surface area contributed by atoms with Gasteiger partial charge in [-0.15, -0.1) is 0 Å². The summed E-state index contributed by atoms with van der Waals surface area (Å²) in [6.07, 6.45) is 2.24. The average molecular weight is 276 g/mol. The zero-order chi connectivity index (χ0) is 14.0. The van der Waals surface area contributed by atoms with Gasteiger partial charge in [-0.05, 0) is 32.0 Å². The monoisotopic (exact) mass is 275 g/mol. The molecule has 0 aromatic carbocycles. The molecule has 0 unspecified atom stereocenters. The number of carbonyl (C=O) groups is 1. The van der Waals surface area contributed by atoms with Crippen LogP contribution in [0.3, 0.4) is 0 Å². The van der Waals surface area contributed by atoms with Crippen LogP contribution in [0.1, 0.15) is 29.9 Å². The van der Waals surface area contributed by atoms with Crippen LogP contribution < -0.4 is 5.73 Å². The van der Waals surface area contributed by atoms with Crippen molar-refractivity contribution in [1.82, 2.24) is 9.97 Å². The van der Waals surface area contributed by atoms with Crippen LogP contribution in [0.2, 0.25) is 5.15 Å². The Morgan fingerprint density at radius 3 is 2.68 bits per heavy atom. The highest BCUT2D eigenvalue weighted by molar-refractivity contribution is 6.32. The topological polar surface area (TPSA) is 68.9 Å². The van der Waals surface area contributed by atoms with E-state index in [2.05, 4.69) is 9.97 Å². The lowest BCUT2D eigenvalue weighted by Gasteiger charge is -2.18. The summed E-state index contributed by atoms with van der Waals surface area (Å²) in [4.78, 5) is 19.5. The Kier molecular flexibility index (Phi) is 3.64. The van der Waals surface area contributed by atoms with Crippen LogP contribution in [0.25, 0.3) is 11.3 Å². The highest BCUT2D eigenvalue weighted by Crippen LogP contribution is 2.26. The van der Waals surface area contributed by atoms with Crippen molar-refractivity contribution in [2.75, 3.05) is 0 Å². The second kappa shape index (κ2) is 5.07. The van der Waals surface area contributed by atoms with E-state index in [0.29, 0.717) is 23.1 Å². The molecule has 0 aliphatic carbocycles. The Labute approximate surface area is 116 Å². The van der Waals surface area contributed by atoms with E-state index in [-0.39, 0.29) is 5.15 Å². The lowest BCUT2D eigenvalue weighted by atomic mass is 10.00. The maximum atomic E-state index is 11.1. The van der Waals surface area contributed by atoms with E-state index in [1.807, 2.05) is 32.0 Å². The third kappa shape index (κ3) is 2.80. The largest absolute Gasteiger partial charge is 0.321 e. The zero-order valence-electron chi connectivity index (χ0n) is 10.7. The summed E-state index contributed by atoms with van der Waals surface area (Å²) in [5, 5.41) is 0.173. The van der Waals surface area contributed by atoms with Gasteiger partial charge in [0.25, 0.3) is 0 Å². The molecule has 98 valence electrons. The van der Waals surface area contributed by atoms with Gasteiger partial charge in [0.2, 0.25) is 0 Å². The molecule has 0 bridgehead atoms. The van der Waals surface area contributed by atoms with Crippen LogP contribution in [0, 0.1) is 0 Å². The summed E-state index contributed by atoms with van der Waals surface area (Å²) in [6.45, 7) is 3.75. The summed E-state index contributed by atoms with van der Waals surface area (Å²) in [7, 11) is 0. The first-order chi connectivity index (χ1) is 8.93. The van der Waals surface area contributed by atoms with Crippen molar-refractivity contribution in [3.05, 3.63) is 46.9 Å². The van der Waals surface area contributed by atoms with E-state index >= 15 is 0 Å². The number of nitrogens with two attached hydrogens (primary N) is 1. The quantitative estimate of drug-likeness (QED) is 0.691. The van der Waals surface area contributed by atoms with Gasteiger partial charge in [-0.3, -0.25) is 9.78 Å². The fraction of sp³-hybridized carbons (Fsp3) is 0.214. The number of hydrogen-bond donors (Lipinski definition) is 1. The first-order valence-electron chi connectivity index (χ1n) is 5.80. The molecule has 0 radical (unpaired) electrons. The number of aromatic nitrogens is 2. The molecule has 0 amide bonds. The number of carbonyl (C=O) groups excluding carboxylic acids is 1. The van der Waals surface area contributed by atoms with Gasteiger partial charge >= 0.3 is 0 Å². The van der Waals surface area contributed by atoms with Crippen LogP contribution in [0.5, 0.6) is 0 Å². The maximum Gasteiger partial charge on any atom is 0.153 e. The molecule has 2 rings (SSSR count). The van der Waals surface area contributed by atoms with Gasteiger partial charge in [0.15, 0.2) is 6.29 Å². The first-order valence-corrected chi connectivity index (χ1v) is 6.18. The van der Waals surface area contributed by atoms with E-state index in [0.717, 1.165) is 5.69 Å². The van der Waals surface area contributed by atoms with Crippen molar-refractivity contribution in [2.24, 2.45) is 5.73 Å². The summed E-state index contributed by atoms with van der Waals surface area (Å²) < 4.78 is 0. The molecule has 2 aromatic rings. The fourth-order valence-corrected chi connectivity index (χ4v) is 1.93. The Morgan fingerprint density at radius 2 is 2.05 bits per heavy atom. The van der Waals surface area contributed by atoms with Crippen molar-refractivity contribution in [3.63, 3.8) is 0 Å². The molecule has 19 heavy (non-hydrogen) atoms. The number of halogens is 1. The zero-order valence-corrected chi connectivity index (χ0v) is 11.5. The van der Waals surface area contributed by atoms with Gasteiger partial charge in [0.1, 0.15) is 5.15 Å². The minimum atomic E-state index is -0.547. The number of rotatable bonds is 3. The van der Waals surface area contributed by atoms with Crippen LogP contribution in [0.15, 0.2) is 30.5 Å². The van der Waals surface area contributed by atoms with E-state index in [9.17, 15) is 4.79 Å². The van der Waals surface area contributed by atoms with E-state index in [1.54, 1.807) is 12.3 Å². The van der Waals surface area contributed by atoms with Gasteiger partial charge < -0.3 is 5.73 Å². The molecule has 4 nitrogen and oxygen atoms in total. The molecule has 0 saturated carbocycles. The Morgan fingerprint density at radius 1 is 1.32 bits per heavy atom. The third-order valence-corrected chi connectivity index (χ3v) is 3.05. The number of nitrogens with zero attached hydrogens (tertiary/aromatic N) is 2. The molecule has 5 heteroatoms. The first kappa shape index (κ1) is 13.6. The molecular weight excluding hydrogens is 262 g/mol. The molecule has 2 N–H and O–H groups in total. The van der Waals surface area contributed by atoms with E-state index in [1.165, 1.54) is 0 Å². The highest BCUT2D eigenvalue weighted by atomic mass is 35.5. The molecule has 2 heterocycles. The SMILES string of the molecule is CC(C)(N)c1cccc(-c2ccnc(Cl)c2C=O)n1. The van der Waals surface area contributed by atoms with Crippen molar-refractivity contribution in [2.45, 2.75) is 19.4 Å². The van der Waals surface area contributed by atoms with Gasteiger partial charge in [0, 0.05) is 11.8 Å². The lowest BCUT2D eigenvalue weighted by Crippen LogP contribution is -2.29. The van der Waals surface area contributed by atoms with Crippen molar-refractivity contribution >= 4 is 17.9 Å². The summed E-state index contributed by atoms with van der Waals surface area (Å²) in [6, 6.07) is 7.24. The Hall–Kier alpha value is -1.78. The predicted molar refractivity (Wildman–Crippen MR) is 75.1 cm³/mol. The maximum absolute atomic E-state index is 11.1. The predicted octanol–water partition coefficient (Wildman–Crippen LogP) is 2.80. The average Bonchev–Trinajstić information content (AvgIpc) is 2.37. The van der Waals surface area contributed by atoms with Crippen molar-refractivity contribution < 1.29 is 4.79 Å². The van der Waals surface area contributed by atoms with Gasteiger partial charge in [-0.1, -0.05) is 17.7 Å². The van der Waals surface area contributed by atoms with Crippen LogP contribution in [-0.4, -0.2) is 16.3 Å². The minimum absolute atomic E-state index is 0.173. The van der Waals surface area contributed by atoms with Gasteiger partial charge in [-0.2, -0.15) is 0 Å². The Balaban J connectivity index is 2.60. The second-order valence-corrected chi connectivity index (χ2v) is 5.17. The molecular formula is C14H14ClN3O. The van der Waals surface area contributed by atoms with Crippen LogP contribution >= 0.6 is 11.6 Å². The van der Waals surface area contributed by atoms with Crippen LogP contribution in [-0.2, 0) is 5.54 Å². The third-order valence-electron chi connectivity index (χ3n) is 2.74. The molecule has 0 aliphatic heterocycles. The number of hydrogen-bond acceptors (Lipinski definition) is 4. The lowest BCUT2D eigenvalue weighted by molar-refractivity contribution is 0.112. The minimum Gasteiger partial charge on any atom is -0.321 e. The standard InChI is InChI=1S/C14H14ClN3O/c1-14(2,16)12-5-3-4-11(18-12)9-6-7-17-13(15)10(9)8-19/h3-8H,16H2,1-2H3. The molecule has 0 spiro atoms. The summed E-state index contributed by atoms with van der Waals surface area (Å²) >= 11 is 5.91.